The van der Waals surface area contributed by atoms with Crippen LogP contribution in [0.15, 0.2) is 42.5 Å². The highest BCUT2D eigenvalue weighted by atomic mass is 35.5. The predicted octanol–water partition coefficient (Wildman–Crippen LogP) is 3.67. The molecule has 0 aliphatic carbocycles. The third-order valence-corrected chi connectivity index (χ3v) is 4.55. The Morgan fingerprint density at radius 1 is 1.08 bits per heavy atom. The van der Waals surface area contributed by atoms with Crippen molar-refractivity contribution < 1.29 is 14.4 Å². The lowest BCUT2D eigenvalue weighted by molar-refractivity contribution is 0.0652. The number of unbranched alkanes of at least 4 members (excludes halogenated alkanes) is 1. The van der Waals surface area contributed by atoms with Crippen molar-refractivity contribution in [1.82, 2.24) is 10.2 Å². The van der Waals surface area contributed by atoms with E-state index in [9.17, 15) is 14.4 Å². The number of fused-ring (bicyclic) bond motifs is 1. The van der Waals surface area contributed by atoms with E-state index >= 15 is 0 Å². The number of hydrogen-bond donors (Lipinski definition) is 1. The van der Waals surface area contributed by atoms with Gasteiger partial charge in [-0.15, -0.1) is 0 Å². The lowest BCUT2D eigenvalue weighted by atomic mass is 10.1. The first-order valence-corrected chi connectivity index (χ1v) is 8.92. The molecule has 3 amide bonds. The molecule has 2 aromatic carbocycles. The van der Waals surface area contributed by atoms with Gasteiger partial charge >= 0.3 is 0 Å². The van der Waals surface area contributed by atoms with Gasteiger partial charge in [-0.1, -0.05) is 37.1 Å². The number of imide groups is 1. The molecule has 0 radical (unpaired) electrons. The molecule has 0 spiro atoms. The minimum absolute atomic E-state index is 0.288. The first-order valence-electron chi connectivity index (χ1n) is 8.54. The summed E-state index contributed by atoms with van der Waals surface area (Å²) >= 11 is 5.93. The van der Waals surface area contributed by atoms with Gasteiger partial charge in [-0.05, 0) is 42.3 Å². The summed E-state index contributed by atoms with van der Waals surface area (Å²) in [6.45, 7) is 2.73. The lowest BCUT2D eigenvalue weighted by Crippen LogP contribution is -2.30. The van der Waals surface area contributed by atoms with Crippen molar-refractivity contribution >= 4 is 29.3 Å². The van der Waals surface area contributed by atoms with Crippen molar-refractivity contribution in [3.63, 3.8) is 0 Å². The quantitative estimate of drug-likeness (QED) is 0.789. The smallest absolute Gasteiger partial charge is 0.261 e. The van der Waals surface area contributed by atoms with E-state index < -0.39 is 0 Å². The maximum Gasteiger partial charge on any atom is 0.261 e. The largest absolute Gasteiger partial charge is 0.348 e. The van der Waals surface area contributed by atoms with E-state index in [1.165, 1.54) is 11.0 Å². The predicted molar refractivity (Wildman–Crippen MR) is 99.3 cm³/mol. The molecule has 0 saturated heterocycles. The number of halogens is 1. The molecule has 1 aliphatic rings. The van der Waals surface area contributed by atoms with Gasteiger partial charge in [0, 0.05) is 23.7 Å². The second-order valence-electron chi connectivity index (χ2n) is 6.19. The number of nitrogens with one attached hydrogen (secondary N) is 1. The van der Waals surface area contributed by atoms with E-state index in [2.05, 4.69) is 5.32 Å². The highest BCUT2D eigenvalue weighted by molar-refractivity contribution is 6.30. The molecule has 3 rings (SSSR count). The van der Waals surface area contributed by atoms with Gasteiger partial charge in [-0.3, -0.25) is 19.3 Å². The average Bonchev–Trinajstić information content (AvgIpc) is 2.88. The number of hydrogen-bond acceptors (Lipinski definition) is 3. The van der Waals surface area contributed by atoms with E-state index in [0.717, 1.165) is 18.4 Å². The zero-order valence-corrected chi connectivity index (χ0v) is 15.2. The maximum absolute atomic E-state index is 12.5. The molecule has 2 aromatic rings. The van der Waals surface area contributed by atoms with Crippen molar-refractivity contribution in [1.29, 1.82) is 0 Å². The molecule has 5 nitrogen and oxygen atoms in total. The molecule has 26 heavy (non-hydrogen) atoms. The number of rotatable bonds is 6. The van der Waals surface area contributed by atoms with Crippen LogP contribution in [0.25, 0.3) is 0 Å². The van der Waals surface area contributed by atoms with Gasteiger partial charge < -0.3 is 5.32 Å². The van der Waals surface area contributed by atoms with Gasteiger partial charge in [-0.2, -0.15) is 0 Å². The van der Waals surface area contributed by atoms with Crippen LogP contribution in [0.4, 0.5) is 0 Å². The molecule has 0 bridgehead atoms. The van der Waals surface area contributed by atoms with Crippen LogP contribution in [-0.2, 0) is 6.54 Å². The number of carbonyl (C=O) groups is 3. The van der Waals surface area contributed by atoms with Crippen molar-refractivity contribution in [3.8, 4) is 0 Å². The fourth-order valence-corrected chi connectivity index (χ4v) is 3.10. The summed E-state index contributed by atoms with van der Waals surface area (Å²) in [5, 5.41) is 3.40. The first-order chi connectivity index (χ1) is 12.5. The molecule has 0 unspecified atom stereocenters. The molecule has 0 fully saturated rings. The van der Waals surface area contributed by atoms with Crippen LogP contribution in [0.1, 0.15) is 56.4 Å². The number of benzene rings is 2. The molecule has 1 aliphatic heterocycles. The Bertz CT molecular complexity index is 879. The van der Waals surface area contributed by atoms with Crippen LogP contribution in [0, 0.1) is 0 Å². The zero-order chi connectivity index (χ0) is 18.7. The highest BCUT2D eigenvalue weighted by Crippen LogP contribution is 2.24. The molecule has 0 aromatic heterocycles. The van der Waals surface area contributed by atoms with Crippen LogP contribution < -0.4 is 5.32 Å². The van der Waals surface area contributed by atoms with Crippen LogP contribution in [0.2, 0.25) is 5.02 Å². The normalized spacial score (nSPS) is 13.1. The SMILES string of the molecule is CCCCN1C(=O)c2ccc(C(=O)NCc3cccc(Cl)c3)cc2C1=O. The van der Waals surface area contributed by atoms with E-state index in [1.54, 1.807) is 24.3 Å². The molecule has 0 saturated carbocycles. The summed E-state index contributed by atoms with van der Waals surface area (Å²) in [6, 6.07) is 11.8. The number of amides is 3. The summed E-state index contributed by atoms with van der Waals surface area (Å²) in [7, 11) is 0. The first kappa shape index (κ1) is 18.1. The third kappa shape index (κ3) is 3.63. The fourth-order valence-electron chi connectivity index (χ4n) is 2.88. The second kappa shape index (κ2) is 7.70. The summed E-state index contributed by atoms with van der Waals surface area (Å²) in [5.41, 5.74) is 1.88. The van der Waals surface area contributed by atoms with Crippen LogP contribution in [-0.4, -0.2) is 29.2 Å². The monoisotopic (exact) mass is 370 g/mol. The van der Waals surface area contributed by atoms with Crippen molar-refractivity contribution in [2.24, 2.45) is 0 Å². The molecule has 1 N–H and O–H groups in total. The summed E-state index contributed by atoms with van der Waals surface area (Å²) in [6.07, 6.45) is 1.66. The molecular formula is C20H19ClN2O3. The van der Waals surface area contributed by atoms with Crippen molar-refractivity contribution in [3.05, 3.63) is 69.7 Å². The Kier molecular flexibility index (Phi) is 5.38. The molecule has 6 heteroatoms. The molecule has 0 atom stereocenters. The number of carbonyl (C=O) groups excluding carboxylic acids is 3. The summed E-state index contributed by atoms with van der Waals surface area (Å²) < 4.78 is 0. The van der Waals surface area contributed by atoms with Gasteiger partial charge in [-0.25, -0.2) is 0 Å². The Morgan fingerprint density at radius 2 is 1.85 bits per heavy atom. The topological polar surface area (TPSA) is 66.5 Å². The van der Waals surface area contributed by atoms with E-state index in [0.29, 0.717) is 34.8 Å². The van der Waals surface area contributed by atoms with Gasteiger partial charge in [0.2, 0.25) is 0 Å². The van der Waals surface area contributed by atoms with Crippen LogP contribution >= 0.6 is 11.6 Å². The van der Waals surface area contributed by atoms with Gasteiger partial charge in [0.25, 0.3) is 17.7 Å². The average molecular weight is 371 g/mol. The van der Waals surface area contributed by atoms with E-state index in [1.807, 2.05) is 19.1 Å². The zero-order valence-electron chi connectivity index (χ0n) is 14.4. The summed E-state index contributed by atoms with van der Waals surface area (Å²) in [4.78, 5) is 38.4. The number of nitrogens with zero attached hydrogens (tertiary/aromatic N) is 1. The standard InChI is InChI=1S/C20H19ClN2O3/c1-2-3-9-23-19(25)16-8-7-14(11-17(16)20(23)26)18(24)22-12-13-5-4-6-15(21)10-13/h4-8,10-11H,2-3,9,12H2,1H3,(H,22,24). The van der Waals surface area contributed by atoms with Gasteiger partial charge in [0.15, 0.2) is 0 Å². The Hall–Kier alpha value is -2.66. The molecule has 134 valence electrons. The lowest BCUT2D eigenvalue weighted by Gasteiger charge is -2.12. The van der Waals surface area contributed by atoms with Crippen molar-refractivity contribution in [2.45, 2.75) is 26.3 Å². The van der Waals surface area contributed by atoms with Crippen molar-refractivity contribution in [2.75, 3.05) is 6.54 Å². The molecule has 1 heterocycles. The second-order valence-corrected chi connectivity index (χ2v) is 6.62. The Morgan fingerprint density at radius 3 is 2.58 bits per heavy atom. The Balaban J connectivity index is 1.73. The summed E-state index contributed by atoms with van der Waals surface area (Å²) in [5.74, 6) is -0.924. The van der Waals surface area contributed by atoms with E-state index in [-0.39, 0.29) is 17.7 Å². The van der Waals surface area contributed by atoms with Gasteiger partial charge in [0.1, 0.15) is 0 Å². The van der Waals surface area contributed by atoms with Gasteiger partial charge in [0.05, 0.1) is 11.1 Å². The minimum Gasteiger partial charge on any atom is -0.348 e. The molecular weight excluding hydrogens is 352 g/mol. The maximum atomic E-state index is 12.5. The minimum atomic E-state index is -0.331. The highest BCUT2D eigenvalue weighted by Gasteiger charge is 2.35. The van der Waals surface area contributed by atoms with Crippen LogP contribution in [0.5, 0.6) is 0 Å². The van der Waals surface area contributed by atoms with E-state index in [4.69, 9.17) is 11.6 Å². The van der Waals surface area contributed by atoms with Crippen LogP contribution in [0.3, 0.4) is 0 Å². The fraction of sp³-hybridized carbons (Fsp3) is 0.250. The third-order valence-electron chi connectivity index (χ3n) is 4.31. The Labute approximate surface area is 156 Å².